The number of carbonyl (C=O) groups is 1. The van der Waals surface area contributed by atoms with Crippen LogP contribution in [0.5, 0.6) is 0 Å². The molecule has 20 heavy (non-hydrogen) atoms. The highest BCUT2D eigenvalue weighted by Crippen LogP contribution is 2.33. The number of likely N-dealkylation sites (tertiary alicyclic amines) is 1. The van der Waals surface area contributed by atoms with Crippen molar-refractivity contribution < 1.29 is 9.53 Å². The van der Waals surface area contributed by atoms with Crippen molar-refractivity contribution in [2.75, 3.05) is 13.1 Å². The van der Waals surface area contributed by atoms with E-state index in [0.29, 0.717) is 5.92 Å². The number of aryl methyl sites for hydroxylation is 1. The van der Waals surface area contributed by atoms with Gasteiger partial charge in [-0.2, -0.15) is 5.10 Å². The van der Waals surface area contributed by atoms with E-state index < -0.39 is 5.60 Å². The second kappa shape index (κ2) is 4.79. The van der Waals surface area contributed by atoms with Crippen LogP contribution in [0.15, 0.2) is 0 Å². The average molecular weight is 277 g/mol. The largest absolute Gasteiger partial charge is 0.444 e. The van der Waals surface area contributed by atoms with Gasteiger partial charge >= 0.3 is 6.09 Å². The van der Waals surface area contributed by atoms with Crippen molar-refractivity contribution >= 4 is 6.09 Å². The van der Waals surface area contributed by atoms with Gasteiger partial charge in [-0.05, 0) is 52.0 Å². The van der Waals surface area contributed by atoms with Crippen LogP contribution in [0.3, 0.4) is 0 Å². The number of aromatic amines is 1. The van der Waals surface area contributed by atoms with Crippen molar-refractivity contribution in [2.45, 2.75) is 58.0 Å². The summed E-state index contributed by atoms with van der Waals surface area (Å²) in [5.74, 6) is 0.376. The molecular weight excluding hydrogens is 254 g/mol. The highest BCUT2D eigenvalue weighted by atomic mass is 16.6. The lowest BCUT2D eigenvalue weighted by Crippen LogP contribution is -2.50. The molecule has 0 radical (unpaired) electrons. The normalized spacial score (nSPS) is 19.4. The van der Waals surface area contributed by atoms with Crippen molar-refractivity contribution in [3.05, 3.63) is 17.0 Å². The van der Waals surface area contributed by atoms with Crippen LogP contribution in [0, 0.1) is 0 Å². The second-order valence-electron chi connectivity index (χ2n) is 6.86. The molecule has 1 N–H and O–H groups in total. The highest BCUT2D eigenvalue weighted by molar-refractivity contribution is 5.69. The molecule has 2 aliphatic rings. The smallest absolute Gasteiger partial charge is 0.410 e. The molecule has 1 fully saturated rings. The fourth-order valence-corrected chi connectivity index (χ4v) is 2.97. The number of nitrogens with zero attached hydrogens (tertiary/aromatic N) is 2. The Morgan fingerprint density at radius 2 is 2.00 bits per heavy atom. The Morgan fingerprint density at radius 1 is 1.30 bits per heavy atom. The molecule has 0 aromatic carbocycles. The molecule has 1 aliphatic carbocycles. The van der Waals surface area contributed by atoms with Crippen LogP contribution in [0.4, 0.5) is 4.79 Å². The molecule has 5 nitrogen and oxygen atoms in total. The summed E-state index contributed by atoms with van der Waals surface area (Å²) in [4.78, 5) is 13.7. The van der Waals surface area contributed by atoms with Gasteiger partial charge in [0.1, 0.15) is 5.60 Å². The van der Waals surface area contributed by atoms with Crippen LogP contribution in [-0.2, 0) is 17.6 Å². The Morgan fingerprint density at radius 3 is 2.70 bits per heavy atom. The molecule has 1 aliphatic heterocycles. The third-order valence-corrected chi connectivity index (χ3v) is 4.01. The molecule has 1 aromatic heterocycles. The molecule has 1 saturated heterocycles. The van der Waals surface area contributed by atoms with Crippen LogP contribution in [0.1, 0.15) is 56.5 Å². The molecule has 0 unspecified atom stereocenters. The van der Waals surface area contributed by atoms with E-state index in [1.165, 1.54) is 29.8 Å². The highest BCUT2D eigenvalue weighted by Gasteiger charge is 2.37. The fraction of sp³-hybridized carbons (Fsp3) is 0.733. The second-order valence-corrected chi connectivity index (χ2v) is 6.86. The number of hydrogen-bond acceptors (Lipinski definition) is 3. The van der Waals surface area contributed by atoms with E-state index in [-0.39, 0.29) is 6.09 Å². The van der Waals surface area contributed by atoms with E-state index in [1.54, 1.807) is 4.90 Å². The molecule has 5 heteroatoms. The standard InChI is InChI=1S/C15H23N3O2/c1-15(2,3)20-14(19)18-8-10(9-18)13-11-6-4-5-7-12(11)16-17-13/h10H,4-9H2,1-3H3,(H,16,17). The van der Waals surface area contributed by atoms with Gasteiger partial charge in [0.05, 0.1) is 5.69 Å². The van der Waals surface area contributed by atoms with E-state index in [9.17, 15) is 4.79 Å². The minimum absolute atomic E-state index is 0.210. The number of aromatic nitrogens is 2. The molecule has 0 saturated carbocycles. The first kappa shape index (κ1) is 13.5. The quantitative estimate of drug-likeness (QED) is 0.858. The lowest BCUT2D eigenvalue weighted by atomic mass is 9.88. The average Bonchev–Trinajstić information content (AvgIpc) is 2.69. The number of hydrogen-bond donors (Lipinski definition) is 1. The summed E-state index contributed by atoms with van der Waals surface area (Å²) in [6.07, 6.45) is 4.54. The Hall–Kier alpha value is -1.52. The molecule has 1 aromatic rings. The Kier molecular flexibility index (Phi) is 3.22. The number of ether oxygens (including phenoxy) is 1. The third kappa shape index (κ3) is 2.53. The maximum Gasteiger partial charge on any atom is 0.410 e. The molecule has 0 atom stereocenters. The predicted molar refractivity (Wildman–Crippen MR) is 75.8 cm³/mol. The molecule has 0 spiro atoms. The molecule has 1 amide bonds. The van der Waals surface area contributed by atoms with Gasteiger partial charge in [-0.3, -0.25) is 5.10 Å². The molecular formula is C15H23N3O2. The summed E-state index contributed by atoms with van der Waals surface area (Å²) in [7, 11) is 0. The van der Waals surface area contributed by atoms with Crippen molar-refractivity contribution in [1.29, 1.82) is 0 Å². The van der Waals surface area contributed by atoms with Gasteiger partial charge < -0.3 is 9.64 Å². The van der Waals surface area contributed by atoms with E-state index in [1.807, 2.05) is 20.8 Å². The summed E-state index contributed by atoms with van der Waals surface area (Å²) in [5.41, 5.74) is 3.47. The van der Waals surface area contributed by atoms with Gasteiger partial charge in [0.15, 0.2) is 0 Å². The summed E-state index contributed by atoms with van der Waals surface area (Å²) < 4.78 is 5.38. The van der Waals surface area contributed by atoms with E-state index >= 15 is 0 Å². The van der Waals surface area contributed by atoms with E-state index in [4.69, 9.17) is 4.74 Å². The molecule has 2 heterocycles. The number of H-pyrrole nitrogens is 1. The number of carbonyl (C=O) groups excluding carboxylic acids is 1. The SMILES string of the molecule is CC(C)(C)OC(=O)N1CC(c2n[nH]c3c2CCCC3)C1. The Balaban J connectivity index is 1.61. The summed E-state index contributed by atoms with van der Waals surface area (Å²) >= 11 is 0. The fourth-order valence-electron chi connectivity index (χ4n) is 2.97. The third-order valence-electron chi connectivity index (χ3n) is 4.01. The Labute approximate surface area is 119 Å². The lowest BCUT2D eigenvalue weighted by Gasteiger charge is -2.39. The van der Waals surface area contributed by atoms with E-state index in [2.05, 4.69) is 10.2 Å². The summed E-state index contributed by atoms with van der Waals surface area (Å²) in [6.45, 7) is 7.14. The van der Waals surface area contributed by atoms with Crippen LogP contribution < -0.4 is 0 Å². The number of amides is 1. The van der Waals surface area contributed by atoms with Crippen molar-refractivity contribution in [3.8, 4) is 0 Å². The number of fused-ring (bicyclic) bond motifs is 1. The van der Waals surface area contributed by atoms with Gasteiger partial charge in [-0.25, -0.2) is 4.79 Å². The van der Waals surface area contributed by atoms with Gasteiger partial charge in [0, 0.05) is 24.7 Å². The monoisotopic (exact) mass is 277 g/mol. The van der Waals surface area contributed by atoms with E-state index in [0.717, 1.165) is 25.9 Å². The summed E-state index contributed by atoms with van der Waals surface area (Å²) in [5, 5.41) is 7.66. The predicted octanol–water partition coefficient (Wildman–Crippen LogP) is 2.62. The first-order chi connectivity index (χ1) is 9.44. The topological polar surface area (TPSA) is 58.2 Å². The van der Waals surface area contributed by atoms with Crippen LogP contribution in [0.25, 0.3) is 0 Å². The minimum Gasteiger partial charge on any atom is -0.444 e. The zero-order valence-corrected chi connectivity index (χ0v) is 12.5. The van der Waals surface area contributed by atoms with Gasteiger partial charge in [-0.15, -0.1) is 0 Å². The van der Waals surface area contributed by atoms with Gasteiger partial charge in [0.2, 0.25) is 0 Å². The summed E-state index contributed by atoms with van der Waals surface area (Å²) in [6, 6.07) is 0. The molecule has 3 rings (SSSR count). The van der Waals surface area contributed by atoms with Crippen molar-refractivity contribution in [2.24, 2.45) is 0 Å². The van der Waals surface area contributed by atoms with Crippen LogP contribution >= 0.6 is 0 Å². The van der Waals surface area contributed by atoms with Crippen LogP contribution in [0.2, 0.25) is 0 Å². The maximum atomic E-state index is 11.9. The Bertz CT molecular complexity index is 510. The molecule has 110 valence electrons. The molecule has 0 bridgehead atoms. The van der Waals surface area contributed by atoms with Crippen molar-refractivity contribution in [3.63, 3.8) is 0 Å². The van der Waals surface area contributed by atoms with Gasteiger partial charge in [0.25, 0.3) is 0 Å². The lowest BCUT2D eigenvalue weighted by molar-refractivity contribution is 0.00779. The minimum atomic E-state index is -0.423. The first-order valence-electron chi connectivity index (χ1n) is 7.48. The zero-order chi connectivity index (χ0) is 14.3. The van der Waals surface area contributed by atoms with Gasteiger partial charge in [-0.1, -0.05) is 0 Å². The number of rotatable bonds is 1. The van der Waals surface area contributed by atoms with Crippen molar-refractivity contribution in [1.82, 2.24) is 15.1 Å². The zero-order valence-electron chi connectivity index (χ0n) is 12.5. The maximum absolute atomic E-state index is 11.9. The first-order valence-corrected chi connectivity index (χ1v) is 7.48. The van der Waals surface area contributed by atoms with Crippen LogP contribution in [-0.4, -0.2) is 39.9 Å². The number of nitrogens with one attached hydrogen (secondary N) is 1.